The van der Waals surface area contributed by atoms with Crippen molar-refractivity contribution in [3.63, 3.8) is 0 Å². The molecule has 2 rings (SSSR count). The van der Waals surface area contributed by atoms with Gasteiger partial charge in [0.05, 0.1) is 13.2 Å². The van der Waals surface area contributed by atoms with Crippen molar-refractivity contribution in [3.8, 4) is 0 Å². The van der Waals surface area contributed by atoms with E-state index < -0.39 is 0 Å². The molecule has 3 nitrogen and oxygen atoms in total. The minimum Gasteiger partial charge on any atom is -0.395 e. The van der Waals surface area contributed by atoms with Crippen LogP contribution in [0.1, 0.15) is 24.8 Å². The maximum Gasteiger partial charge on any atom is 0.0558 e. The SMILES string of the molecule is Cl.OCCN(CCO)C(Cc1ccccc1)C1CC=CCC1. The Balaban J connectivity index is 0.00000242. The molecule has 1 aliphatic rings. The van der Waals surface area contributed by atoms with Crippen molar-refractivity contribution in [3.05, 3.63) is 48.0 Å². The van der Waals surface area contributed by atoms with Gasteiger partial charge in [0.25, 0.3) is 0 Å². The highest BCUT2D eigenvalue weighted by Gasteiger charge is 2.27. The van der Waals surface area contributed by atoms with Crippen molar-refractivity contribution >= 4 is 12.4 Å². The first-order valence-corrected chi connectivity index (χ1v) is 8.00. The van der Waals surface area contributed by atoms with Crippen LogP contribution in [-0.4, -0.2) is 47.5 Å². The van der Waals surface area contributed by atoms with E-state index in [-0.39, 0.29) is 25.6 Å². The molecule has 0 saturated heterocycles. The predicted molar refractivity (Wildman–Crippen MR) is 93.4 cm³/mol. The highest BCUT2D eigenvalue weighted by atomic mass is 35.5. The maximum absolute atomic E-state index is 9.34. The van der Waals surface area contributed by atoms with E-state index in [9.17, 15) is 10.2 Å². The Kier molecular flexibility index (Phi) is 9.41. The Labute approximate surface area is 140 Å². The van der Waals surface area contributed by atoms with Crippen molar-refractivity contribution in [2.45, 2.75) is 31.7 Å². The number of hydrogen-bond acceptors (Lipinski definition) is 3. The van der Waals surface area contributed by atoms with E-state index in [0.29, 0.717) is 25.0 Å². The number of hydrogen-bond donors (Lipinski definition) is 2. The van der Waals surface area contributed by atoms with Crippen molar-refractivity contribution in [2.75, 3.05) is 26.3 Å². The van der Waals surface area contributed by atoms with E-state index in [2.05, 4.69) is 41.3 Å². The lowest BCUT2D eigenvalue weighted by Gasteiger charge is -2.37. The lowest BCUT2D eigenvalue weighted by Crippen LogP contribution is -2.45. The molecule has 2 unspecified atom stereocenters. The van der Waals surface area contributed by atoms with Crippen molar-refractivity contribution < 1.29 is 10.2 Å². The number of allylic oxidation sites excluding steroid dienone is 2. The number of rotatable bonds is 8. The Morgan fingerprint density at radius 2 is 1.73 bits per heavy atom. The molecule has 0 bridgehead atoms. The van der Waals surface area contributed by atoms with Gasteiger partial charge in [-0.25, -0.2) is 0 Å². The molecule has 2 atom stereocenters. The largest absolute Gasteiger partial charge is 0.395 e. The highest BCUT2D eigenvalue weighted by Crippen LogP contribution is 2.27. The molecule has 0 spiro atoms. The zero-order valence-electron chi connectivity index (χ0n) is 13.1. The summed E-state index contributed by atoms with van der Waals surface area (Å²) >= 11 is 0. The van der Waals surface area contributed by atoms with Crippen molar-refractivity contribution in [1.82, 2.24) is 4.90 Å². The molecular formula is C18H28ClNO2. The standard InChI is InChI=1S/C18H27NO2.ClH/c20-13-11-19(12-14-21)18(17-9-5-2-6-10-17)15-16-7-3-1-4-8-16;/h1-5,7-8,17-18,20-21H,6,9-15H2;1H. The minimum absolute atomic E-state index is 0. The van der Waals surface area contributed by atoms with E-state index in [0.717, 1.165) is 19.3 Å². The van der Waals surface area contributed by atoms with Gasteiger partial charge in [-0.3, -0.25) is 4.90 Å². The van der Waals surface area contributed by atoms with Crippen LogP contribution in [0, 0.1) is 5.92 Å². The van der Waals surface area contributed by atoms with Crippen LogP contribution < -0.4 is 0 Å². The normalized spacial score (nSPS) is 19.0. The first kappa shape index (κ1) is 19.2. The van der Waals surface area contributed by atoms with Crippen LogP contribution in [0.25, 0.3) is 0 Å². The second-order valence-corrected chi connectivity index (χ2v) is 5.78. The molecule has 0 radical (unpaired) electrons. The quantitative estimate of drug-likeness (QED) is 0.722. The van der Waals surface area contributed by atoms with E-state index >= 15 is 0 Å². The van der Waals surface area contributed by atoms with Crippen LogP contribution in [0.3, 0.4) is 0 Å². The third-order valence-corrected chi connectivity index (χ3v) is 4.38. The van der Waals surface area contributed by atoms with Gasteiger partial charge in [0.1, 0.15) is 0 Å². The molecule has 0 aliphatic heterocycles. The van der Waals surface area contributed by atoms with Crippen LogP contribution in [0.4, 0.5) is 0 Å². The van der Waals surface area contributed by atoms with Gasteiger partial charge in [-0.05, 0) is 37.2 Å². The summed E-state index contributed by atoms with van der Waals surface area (Å²) in [6.45, 7) is 1.57. The average molecular weight is 326 g/mol. The minimum atomic E-state index is 0. The summed E-state index contributed by atoms with van der Waals surface area (Å²) in [6.07, 6.45) is 8.97. The molecule has 0 amide bonds. The zero-order valence-corrected chi connectivity index (χ0v) is 13.9. The molecule has 1 aromatic rings. The fourth-order valence-electron chi connectivity index (χ4n) is 3.32. The number of halogens is 1. The summed E-state index contributed by atoms with van der Waals surface area (Å²) in [5.74, 6) is 0.605. The van der Waals surface area contributed by atoms with E-state index in [1.807, 2.05) is 6.07 Å². The van der Waals surface area contributed by atoms with Gasteiger partial charge < -0.3 is 10.2 Å². The summed E-state index contributed by atoms with van der Waals surface area (Å²) in [7, 11) is 0. The second-order valence-electron chi connectivity index (χ2n) is 5.78. The average Bonchev–Trinajstić information content (AvgIpc) is 2.54. The van der Waals surface area contributed by atoms with Crippen LogP contribution in [0.2, 0.25) is 0 Å². The molecule has 2 N–H and O–H groups in total. The van der Waals surface area contributed by atoms with Gasteiger partial charge in [0.2, 0.25) is 0 Å². The fraction of sp³-hybridized carbons (Fsp3) is 0.556. The Bertz CT molecular complexity index is 418. The molecule has 0 saturated carbocycles. The first-order valence-electron chi connectivity index (χ1n) is 8.00. The Morgan fingerprint density at radius 1 is 1.05 bits per heavy atom. The predicted octanol–water partition coefficient (Wildman–Crippen LogP) is 2.66. The van der Waals surface area contributed by atoms with E-state index in [4.69, 9.17) is 0 Å². The Hall–Kier alpha value is -0.870. The summed E-state index contributed by atoms with van der Waals surface area (Å²) in [5, 5.41) is 18.7. The van der Waals surface area contributed by atoms with Gasteiger partial charge in [0.15, 0.2) is 0 Å². The van der Waals surface area contributed by atoms with Gasteiger partial charge >= 0.3 is 0 Å². The molecule has 124 valence electrons. The monoisotopic (exact) mass is 325 g/mol. The number of aliphatic hydroxyl groups is 2. The van der Waals surface area contributed by atoms with Crippen molar-refractivity contribution in [1.29, 1.82) is 0 Å². The molecule has 0 heterocycles. The highest BCUT2D eigenvalue weighted by molar-refractivity contribution is 5.85. The van der Waals surface area contributed by atoms with E-state index in [1.165, 1.54) is 12.0 Å². The topological polar surface area (TPSA) is 43.7 Å². The summed E-state index contributed by atoms with van der Waals surface area (Å²) < 4.78 is 0. The number of nitrogens with zero attached hydrogens (tertiary/aromatic N) is 1. The molecular weight excluding hydrogens is 298 g/mol. The van der Waals surface area contributed by atoms with E-state index in [1.54, 1.807) is 0 Å². The number of benzene rings is 1. The summed E-state index contributed by atoms with van der Waals surface area (Å²) in [4.78, 5) is 2.26. The third-order valence-electron chi connectivity index (χ3n) is 4.38. The third kappa shape index (κ3) is 5.73. The van der Waals surface area contributed by atoms with Crippen LogP contribution >= 0.6 is 12.4 Å². The molecule has 1 aromatic carbocycles. The molecule has 1 aliphatic carbocycles. The van der Waals surface area contributed by atoms with Gasteiger partial charge in [-0.1, -0.05) is 42.5 Å². The molecule has 4 heteroatoms. The lowest BCUT2D eigenvalue weighted by atomic mass is 9.83. The summed E-state index contributed by atoms with van der Waals surface area (Å²) in [5.41, 5.74) is 1.33. The molecule has 0 aromatic heterocycles. The molecule has 22 heavy (non-hydrogen) atoms. The fourth-order valence-corrected chi connectivity index (χ4v) is 3.32. The van der Waals surface area contributed by atoms with Crippen molar-refractivity contribution in [2.24, 2.45) is 5.92 Å². The van der Waals surface area contributed by atoms with Crippen LogP contribution in [0.15, 0.2) is 42.5 Å². The van der Waals surface area contributed by atoms with Gasteiger partial charge in [-0.2, -0.15) is 0 Å². The smallest absolute Gasteiger partial charge is 0.0558 e. The zero-order chi connectivity index (χ0) is 14.9. The van der Waals surface area contributed by atoms with Gasteiger partial charge in [0, 0.05) is 19.1 Å². The van der Waals surface area contributed by atoms with Crippen LogP contribution in [-0.2, 0) is 6.42 Å². The molecule has 0 fully saturated rings. The second kappa shape index (κ2) is 10.8. The van der Waals surface area contributed by atoms with Crippen LogP contribution in [0.5, 0.6) is 0 Å². The van der Waals surface area contributed by atoms with Gasteiger partial charge in [-0.15, -0.1) is 12.4 Å². The first-order chi connectivity index (χ1) is 10.3. The number of aliphatic hydroxyl groups excluding tert-OH is 2. The Morgan fingerprint density at radius 3 is 2.27 bits per heavy atom. The summed E-state index contributed by atoms with van der Waals surface area (Å²) in [6, 6.07) is 10.9. The lowest BCUT2D eigenvalue weighted by molar-refractivity contribution is 0.0864. The maximum atomic E-state index is 9.34.